The van der Waals surface area contributed by atoms with E-state index in [1.165, 1.54) is 13.0 Å². The van der Waals surface area contributed by atoms with E-state index in [9.17, 15) is 48.9 Å². The van der Waals surface area contributed by atoms with Crippen molar-refractivity contribution in [2.75, 3.05) is 39.3 Å². The van der Waals surface area contributed by atoms with Crippen LogP contribution in [0.1, 0.15) is 57.6 Å². The van der Waals surface area contributed by atoms with Crippen molar-refractivity contribution in [3.8, 4) is 11.5 Å². The maximum Gasteiger partial charge on any atom is 0.268 e. The molecule has 7 amide bonds. The summed E-state index contributed by atoms with van der Waals surface area (Å²) in [6, 6.07) is 5.28. The molecule has 0 aliphatic carbocycles. The molecule has 398 valence electrons. The number of hydrogen-bond acceptors (Lipinski definition) is 16. The highest BCUT2D eigenvalue weighted by Gasteiger charge is 2.37. The number of β-amino-alcohol motifs (C(OH)–C–C–N with tert-alkyl or cyclic N) is 1. The van der Waals surface area contributed by atoms with E-state index in [4.69, 9.17) is 33.4 Å². The molecule has 6 unspecified atom stereocenters. The zero-order chi connectivity index (χ0) is 53.5. The van der Waals surface area contributed by atoms with Crippen LogP contribution in [0.25, 0.3) is 0 Å². The molecular formula is C47H74N14O11. The fourth-order valence-electron chi connectivity index (χ4n) is 7.36. The Balaban J connectivity index is 2.05. The summed E-state index contributed by atoms with van der Waals surface area (Å²) in [4.78, 5) is 101. The smallest absolute Gasteiger partial charge is 0.268 e. The Kier molecular flexibility index (Phi) is 25.0. The van der Waals surface area contributed by atoms with Crippen LogP contribution in [0.2, 0.25) is 0 Å². The predicted molar refractivity (Wildman–Crippen MR) is 267 cm³/mol. The molecule has 2 aromatic carbocycles. The summed E-state index contributed by atoms with van der Waals surface area (Å²) >= 11 is 0. The molecule has 25 heteroatoms. The molecule has 25 nitrogen and oxygen atoms in total. The fourth-order valence-corrected chi connectivity index (χ4v) is 7.36. The Hall–Kier alpha value is -6.74. The number of nitrogens with two attached hydrogens (primary N) is 5. The standard InChI is InChI=1S/C47H74N14O11/c1-5-31-41(66)58-33(16-17-48)43(68)56-28(19-25(2)3)23-54-32(7-6-18-53-47(51)52)42(67)60-39(35(63)22-50)46(71)61-38(34(62)21-49)44(69)55-24-36(64)40(45(70)57-31)59-37(65)20-27-10-14-30(15-11-27)72-29-12-8-26(4)9-13-29/h5,8-15,25,28,32-36,38-40,54,62-64H,6-7,16-24,48-50H2,1-4H3,(H,55,69)(H,56,68)(H,57,70)(H,58,66)(H,59,65)(H,60,67)(H,61,71)(H4,51,52,53)/b31-5-/t28-,32-,33-,34?,35?,36?,38?,39?,40?/m0/s1. The number of nitrogens with one attached hydrogen (secondary N) is 8. The highest BCUT2D eigenvalue weighted by molar-refractivity contribution is 6.01. The van der Waals surface area contributed by atoms with Gasteiger partial charge in [0.15, 0.2) is 5.96 Å². The van der Waals surface area contributed by atoms with E-state index in [0.717, 1.165) is 5.56 Å². The van der Waals surface area contributed by atoms with Gasteiger partial charge >= 0.3 is 0 Å². The number of benzene rings is 2. The molecule has 9 atom stereocenters. The Labute approximate surface area is 418 Å². The average Bonchev–Trinajstić information content (AvgIpc) is 3.34. The highest BCUT2D eigenvalue weighted by Crippen LogP contribution is 2.22. The number of aliphatic hydroxyl groups excluding tert-OH is 3. The van der Waals surface area contributed by atoms with Gasteiger partial charge in [-0.05, 0) is 81.8 Å². The number of aliphatic hydroxyl groups is 3. The molecule has 3 rings (SSSR count). The van der Waals surface area contributed by atoms with Gasteiger partial charge in [0.2, 0.25) is 35.4 Å². The number of aryl methyl sites for hydroxylation is 1. The number of aliphatic imine (C=N–C) groups is 1. The second-order valence-electron chi connectivity index (χ2n) is 17.7. The summed E-state index contributed by atoms with van der Waals surface area (Å²) in [7, 11) is 0. The number of allylic oxidation sites excluding steroid dienone is 1. The third-order valence-corrected chi connectivity index (χ3v) is 11.3. The van der Waals surface area contributed by atoms with Crippen LogP contribution < -0.4 is 75.9 Å². The summed E-state index contributed by atoms with van der Waals surface area (Å²) in [5, 5.41) is 53.8. The number of hydrogen-bond donors (Lipinski definition) is 16. The molecule has 1 aliphatic rings. The van der Waals surface area contributed by atoms with E-state index in [-0.39, 0.29) is 62.9 Å². The molecule has 0 aromatic heterocycles. The minimum absolute atomic E-state index is 0.00333. The van der Waals surface area contributed by atoms with E-state index in [0.29, 0.717) is 23.5 Å². The number of guanidine groups is 1. The molecule has 1 heterocycles. The Morgan fingerprint density at radius 3 is 1.94 bits per heavy atom. The first-order valence-corrected chi connectivity index (χ1v) is 23.7. The van der Waals surface area contributed by atoms with Gasteiger partial charge in [-0.15, -0.1) is 0 Å². The third-order valence-electron chi connectivity index (χ3n) is 11.3. The molecule has 1 saturated heterocycles. The maximum atomic E-state index is 14.1. The van der Waals surface area contributed by atoms with Crippen molar-refractivity contribution in [2.24, 2.45) is 39.6 Å². The second-order valence-corrected chi connectivity index (χ2v) is 17.7. The summed E-state index contributed by atoms with van der Waals surface area (Å²) in [6.07, 6.45) is -3.92. The zero-order valence-electron chi connectivity index (χ0n) is 41.2. The minimum atomic E-state index is -1.95. The molecule has 0 bridgehead atoms. The lowest BCUT2D eigenvalue weighted by Crippen LogP contribution is -2.64. The van der Waals surface area contributed by atoms with E-state index >= 15 is 0 Å². The van der Waals surface area contributed by atoms with Gasteiger partial charge < -0.3 is 91.3 Å². The van der Waals surface area contributed by atoms with Crippen LogP contribution in [0.5, 0.6) is 11.5 Å². The van der Waals surface area contributed by atoms with Gasteiger partial charge in [0.1, 0.15) is 47.5 Å². The molecule has 0 saturated carbocycles. The number of carbonyl (C=O) groups is 7. The van der Waals surface area contributed by atoms with Gasteiger partial charge in [-0.3, -0.25) is 38.6 Å². The molecule has 1 fully saturated rings. The number of nitrogens with zero attached hydrogens (tertiary/aromatic N) is 1. The third kappa shape index (κ3) is 19.8. The van der Waals surface area contributed by atoms with Gasteiger partial charge in [-0.1, -0.05) is 49.8 Å². The van der Waals surface area contributed by atoms with E-state index in [1.54, 1.807) is 36.4 Å². The van der Waals surface area contributed by atoms with Crippen molar-refractivity contribution in [1.29, 1.82) is 0 Å². The van der Waals surface area contributed by atoms with Gasteiger partial charge in [0.25, 0.3) is 5.91 Å². The second kappa shape index (κ2) is 30.2. The molecule has 1 aliphatic heterocycles. The number of carbonyl (C=O) groups excluding carboxylic acids is 7. The lowest BCUT2D eigenvalue weighted by Gasteiger charge is -2.30. The van der Waals surface area contributed by atoms with Crippen molar-refractivity contribution in [3.05, 3.63) is 71.4 Å². The van der Waals surface area contributed by atoms with Crippen LogP contribution in [-0.2, 0) is 40.0 Å². The Morgan fingerprint density at radius 2 is 1.38 bits per heavy atom. The van der Waals surface area contributed by atoms with Crippen LogP contribution in [0.4, 0.5) is 0 Å². The quantitative estimate of drug-likeness (QED) is 0.0306. The summed E-state index contributed by atoms with van der Waals surface area (Å²) in [6.45, 7) is 5.23. The zero-order valence-corrected chi connectivity index (χ0v) is 41.2. The SMILES string of the molecule is C/C=C1\NC(=O)C(NC(=O)Cc2ccc(Oc3ccc(C)cc3)cc2)C(O)CNC(=O)C(C(O)CN)NC(=O)C(C(O)CN)NC(=O)[C@H](CCCN=C(N)N)NC[C@H](CC(C)C)NC(=O)[C@H](CCN)NC1=O. The largest absolute Gasteiger partial charge is 0.457 e. The first-order chi connectivity index (χ1) is 34.2. The summed E-state index contributed by atoms with van der Waals surface area (Å²) in [5.41, 5.74) is 29.4. The molecule has 21 N–H and O–H groups in total. The van der Waals surface area contributed by atoms with Crippen molar-refractivity contribution >= 4 is 47.3 Å². The van der Waals surface area contributed by atoms with Gasteiger partial charge in [-0.25, -0.2) is 0 Å². The fraction of sp³-hybridized carbons (Fsp3) is 0.532. The number of rotatable bonds is 17. The molecule has 0 spiro atoms. The molecule has 72 heavy (non-hydrogen) atoms. The van der Waals surface area contributed by atoms with E-state index < -0.39 is 116 Å². The maximum absolute atomic E-state index is 14.1. The highest BCUT2D eigenvalue weighted by atomic mass is 16.5. The lowest BCUT2D eigenvalue weighted by molar-refractivity contribution is -0.137. The van der Waals surface area contributed by atoms with Crippen molar-refractivity contribution in [3.63, 3.8) is 0 Å². The lowest BCUT2D eigenvalue weighted by atomic mass is 10.0. The van der Waals surface area contributed by atoms with Gasteiger partial charge in [0, 0.05) is 38.8 Å². The minimum Gasteiger partial charge on any atom is -0.457 e. The monoisotopic (exact) mass is 1010 g/mol. The molecule has 2 aromatic rings. The van der Waals surface area contributed by atoms with Crippen LogP contribution >= 0.6 is 0 Å². The average molecular weight is 1010 g/mol. The number of amides is 7. The van der Waals surface area contributed by atoms with Gasteiger partial charge in [0.05, 0.1) is 24.7 Å². The summed E-state index contributed by atoms with van der Waals surface area (Å²) in [5.74, 6) is -5.72. The first-order valence-electron chi connectivity index (χ1n) is 23.7. The predicted octanol–water partition coefficient (Wildman–Crippen LogP) is -4.69. The van der Waals surface area contributed by atoms with E-state index in [1.807, 2.05) is 32.9 Å². The first kappa shape index (κ1) is 59.6. The summed E-state index contributed by atoms with van der Waals surface area (Å²) < 4.78 is 5.87. The van der Waals surface area contributed by atoms with E-state index in [2.05, 4.69) is 47.5 Å². The molecule has 0 radical (unpaired) electrons. The van der Waals surface area contributed by atoms with Crippen LogP contribution in [0, 0.1) is 12.8 Å². The van der Waals surface area contributed by atoms with Crippen molar-refractivity contribution < 1.29 is 53.6 Å². The van der Waals surface area contributed by atoms with Crippen LogP contribution in [0.3, 0.4) is 0 Å². The number of ether oxygens (including phenoxy) is 1. The molecular weight excluding hydrogens is 937 g/mol. The van der Waals surface area contributed by atoms with Crippen molar-refractivity contribution in [1.82, 2.24) is 42.5 Å². The topological polar surface area (TPSA) is 428 Å². The van der Waals surface area contributed by atoms with Crippen LogP contribution in [-0.4, -0.2) is 156 Å². The Bertz CT molecular complexity index is 2170. The normalized spacial score (nSPS) is 23.8. The Morgan fingerprint density at radius 1 is 0.792 bits per heavy atom. The van der Waals surface area contributed by atoms with Crippen molar-refractivity contribution in [2.45, 2.75) is 114 Å². The van der Waals surface area contributed by atoms with Crippen LogP contribution in [0.15, 0.2) is 65.3 Å². The van der Waals surface area contributed by atoms with Gasteiger partial charge in [-0.2, -0.15) is 0 Å².